The highest BCUT2D eigenvalue weighted by molar-refractivity contribution is 5.77. The predicted molar refractivity (Wildman–Crippen MR) is 86.8 cm³/mol. The largest absolute Gasteiger partial charge is 0.341 e. The van der Waals surface area contributed by atoms with Gasteiger partial charge < -0.3 is 9.42 Å². The second-order valence-electron chi connectivity index (χ2n) is 6.93. The van der Waals surface area contributed by atoms with Gasteiger partial charge in [-0.3, -0.25) is 14.7 Å². The molecule has 1 atom stereocenters. The van der Waals surface area contributed by atoms with Gasteiger partial charge in [-0.25, -0.2) is 0 Å². The van der Waals surface area contributed by atoms with Crippen LogP contribution in [0, 0.1) is 5.41 Å². The van der Waals surface area contributed by atoms with E-state index < -0.39 is 0 Å². The summed E-state index contributed by atoms with van der Waals surface area (Å²) >= 11 is 0. The average molecular weight is 327 g/mol. The Bertz CT molecular complexity index is 738. The first kappa shape index (κ1) is 15.3. The number of hydrogen-bond donors (Lipinski definition) is 0. The summed E-state index contributed by atoms with van der Waals surface area (Å²) < 4.78 is 5.53. The van der Waals surface area contributed by atoms with Crippen LogP contribution in [0.3, 0.4) is 0 Å². The first-order valence-electron chi connectivity index (χ1n) is 8.32. The number of likely N-dealkylation sites (tertiary alicyclic amines) is 2. The van der Waals surface area contributed by atoms with Gasteiger partial charge in [-0.2, -0.15) is 4.98 Å². The van der Waals surface area contributed by atoms with Gasteiger partial charge in [-0.15, -0.1) is 0 Å². The molecule has 0 bridgehead atoms. The van der Waals surface area contributed by atoms with Crippen molar-refractivity contribution in [2.75, 3.05) is 26.7 Å². The van der Waals surface area contributed by atoms with E-state index in [1.165, 1.54) is 0 Å². The van der Waals surface area contributed by atoms with Gasteiger partial charge in [0.05, 0.1) is 6.04 Å². The van der Waals surface area contributed by atoms with Crippen LogP contribution in [0.4, 0.5) is 0 Å². The summed E-state index contributed by atoms with van der Waals surface area (Å²) in [6, 6.07) is 3.86. The lowest BCUT2D eigenvalue weighted by Gasteiger charge is -2.48. The molecule has 0 N–H and O–H groups in total. The minimum Gasteiger partial charge on any atom is -0.341 e. The normalized spacial score (nSPS) is 22.8. The molecule has 1 amide bonds. The molecule has 4 rings (SSSR count). The minimum atomic E-state index is 0.118. The minimum absolute atomic E-state index is 0.118. The second kappa shape index (κ2) is 5.66. The van der Waals surface area contributed by atoms with Gasteiger partial charge >= 0.3 is 0 Å². The Kier molecular flexibility index (Phi) is 3.60. The highest BCUT2D eigenvalue weighted by Crippen LogP contribution is 2.47. The van der Waals surface area contributed by atoms with Crippen LogP contribution >= 0.6 is 0 Å². The van der Waals surface area contributed by atoms with E-state index in [0.29, 0.717) is 18.1 Å². The third-order valence-corrected chi connectivity index (χ3v) is 5.12. The zero-order valence-corrected chi connectivity index (χ0v) is 14.0. The van der Waals surface area contributed by atoms with Crippen LogP contribution in [-0.2, 0) is 4.79 Å². The summed E-state index contributed by atoms with van der Waals surface area (Å²) in [5, 5.41) is 4.11. The van der Waals surface area contributed by atoms with Crippen molar-refractivity contribution < 1.29 is 9.32 Å². The van der Waals surface area contributed by atoms with Crippen molar-refractivity contribution in [3.63, 3.8) is 0 Å². The van der Waals surface area contributed by atoms with Crippen LogP contribution in [0.5, 0.6) is 0 Å². The van der Waals surface area contributed by atoms with Gasteiger partial charge in [0.1, 0.15) is 0 Å². The van der Waals surface area contributed by atoms with Crippen molar-refractivity contribution in [1.29, 1.82) is 0 Å². The van der Waals surface area contributed by atoms with Crippen LogP contribution in [0.2, 0.25) is 0 Å². The van der Waals surface area contributed by atoms with E-state index in [1.54, 1.807) is 12.4 Å². The molecule has 7 nitrogen and oxygen atoms in total. The van der Waals surface area contributed by atoms with Gasteiger partial charge in [0.15, 0.2) is 0 Å². The van der Waals surface area contributed by atoms with Crippen molar-refractivity contribution in [1.82, 2.24) is 24.9 Å². The molecule has 2 saturated heterocycles. The molecule has 0 unspecified atom stereocenters. The third-order valence-electron chi connectivity index (χ3n) is 5.12. The molecular weight excluding hydrogens is 306 g/mol. The van der Waals surface area contributed by atoms with Crippen LogP contribution in [0.1, 0.15) is 31.7 Å². The number of carbonyl (C=O) groups excluding carboxylic acids is 1. The molecular formula is C17H21N5O2. The first-order chi connectivity index (χ1) is 11.6. The highest BCUT2D eigenvalue weighted by Gasteiger charge is 2.53. The fourth-order valence-corrected chi connectivity index (χ4v) is 3.93. The van der Waals surface area contributed by atoms with E-state index in [2.05, 4.69) is 27.1 Å². The highest BCUT2D eigenvalue weighted by atomic mass is 16.5. The molecule has 2 aliphatic heterocycles. The predicted octanol–water partition coefficient (Wildman–Crippen LogP) is 1.75. The number of aromatic nitrogens is 3. The maximum Gasteiger partial charge on any atom is 0.244 e. The fraction of sp³-hybridized carbons (Fsp3) is 0.529. The molecule has 0 aliphatic carbocycles. The zero-order valence-electron chi connectivity index (χ0n) is 14.0. The molecule has 7 heteroatoms. The van der Waals surface area contributed by atoms with E-state index in [4.69, 9.17) is 4.52 Å². The maximum atomic E-state index is 11.8. The summed E-state index contributed by atoms with van der Waals surface area (Å²) in [6.07, 6.45) is 4.97. The van der Waals surface area contributed by atoms with Gasteiger partial charge in [0, 0.05) is 49.4 Å². The summed E-state index contributed by atoms with van der Waals surface area (Å²) in [5.74, 6) is 1.49. The van der Waals surface area contributed by atoms with Crippen molar-refractivity contribution in [2.45, 2.75) is 25.8 Å². The van der Waals surface area contributed by atoms with Gasteiger partial charge in [0.2, 0.25) is 17.6 Å². The molecule has 0 radical (unpaired) electrons. The van der Waals surface area contributed by atoms with Crippen LogP contribution < -0.4 is 0 Å². The molecule has 0 saturated carbocycles. The quantitative estimate of drug-likeness (QED) is 0.855. The van der Waals surface area contributed by atoms with Crippen molar-refractivity contribution >= 4 is 5.91 Å². The number of hydrogen-bond acceptors (Lipinski definition) is 6. The molecule has 4 heterocycles. The number of carbonyl (C=O) groups is 1. The molecule has 0 aromatic carbocycles. The van der Waals surface area contributed by atoms with Gasteiger partial charge in [-0.1, -0.05) is 12.1 Å². The van der Waals surface area contributed by atoms with E-state index in [-0.39, 0.29) is 17.4 Å². The zero-order chi connectivity index (χ0) is 16.7. The van der Waals surface area contributed by atoms with Crippen LogP contribution in [0.25, 0.3) is 11.4 Å². The molecule has 2 aromatic heterocycles. The van der Waals surface area contributed by atoms with E-state index in [0.717, 1.165) is 31.6 Å². The number of nitrogens with zero attached hydrogens (tertiary/aromatic N) is 5. The Morgan fingerprint density at radius 2 is 2.08 bits per heavy atom. The third kappa shape index (κ3) is 2.49. The van der Waals surface area contributed by atoms with E-state index in [1.807, 2.05) is 24.0 Å². The number of rotatable bonds is 3. The Morgan fingerprint density at radius 3 is 2.79 bits per heavy atom. The first-order valence-corrected chi connectivity index (χ1v) is 8.32. The molecule has 2 aromatic rings. The Labute approximate surface area is 140 Å². The summed E-state index contributed by atoms with van der Waals surface area (Å²) in [6.45, 7) is 4.55. The van der Waals surface area contributed by atoms with Crippen LogP contribution in [-0.4, -0.2) is 57.5 Å². The summed E-state index contributed by atoms with van der Waals surface area (Å²) in [4.78, 5) is 24.6. The molecule has 126 valence electrons. The number of pyridine rings is 1. The molecule has 1 spiro atoms. The SMILES string of the molecule is CCC(=O)N1CC2(C[C@@H](c3nc(-c4ccncc4)no3)N(C)C2)C1. The van der Waals surface area contributed by atoms with Crippen LogP contribution in [0.15, 0.2) is 29.0 Å². The second-order valence-corrected chi connectivity index (χ2v) is 6.93. The van der Waals surface area contributed by atoms with Gasteiger partial charge in [-0.05, 0) is 25.6 Å². The average Bonchev–Trinajstić information content (AvgIpc) is 3.18. The lowest BCUT2D eigenvalue weighted by molar-refractivity contribution is -0.142. The summed E-state index contributed by atoms with van der Waals surface area (Å²) in [7, 11) is 2.08. The topological polar surface area (TPSA) is 75.4 Å². The smallest absolute Gasteiger partial charge is 0.244 e. The van der Waals surface area contributed by atoms with Crippen molar-refractivity contribution in [3.8, 4) is 11.4 Å². The van der Waals surface area contributed by atoms with E-state index in [9.17, 15) is 4.79 Å². The van der Waals surface area contributed by atoms with Crippen molar-refractivity contribution in [3.05, 3.63) is 30.4 Å². The lowest BCUT2D eigenvalue weighted by atomic mass is 9.77. The van der Waals surface area contributed by atoms with Gasteiger partial charge in [0.25, 0.3) is 0 Å². The molecule has 2 fully saturated rings. The molecule has 2 aliphatic rings. The monoisotopic (exact) mass is 327 g/mol. The fourth-order valence-electron chi connectivity index (χ4n) is 3.93. The maximum absolute atomic E-state index is 11.8. The standard InChI is InChI=1S/C17H21N5O2/c1-3-14(23)22-10-17(11-22)8-13(21(2)9-17)16-19-15(20-24-16)12-4-6-18-7-5-12/h4-7,13H,3,8-11H2,1-2H3/t13-/m0/s1. The van der Waals surface area contributed by atoms with E-state index >= 15 is 0 Å². The lowest BCUT2D eigenvalue weighted by Crippen LogP contribution is -2.59. The molecule has 24 heavy (non-hydrogen) atoms. The Balaban J connectivity index is 1.48. The number of amides is 1. The Morgan fingerprint density at radius 1 is 1.33 bits per heavy atom. The van der Waals surface area contributed by atoms with Crippen molar-refractivity contribution in [2.24, 2.45) is 5.41 Å². The Hall–Kier alpha value is -2.28. The summed E-state index contributed by atoms with van der Waals surface area (Å²) in [5.41, 5.74) is 1.08.